The number of anilines is 1. The van der Waals surface area contributed by atoms with E-state index in [4.69, 9.17) is 25.5 Å². The quantitative estimate of drug-likeness (QED) is 0.0513. The van der Waals surface area contributed by atoms with Crippen LogP contribution in [-0.4, -0.2) is 42.2 Å². The number of unbranched alkanes of at least 4 members (excludes halogenated alkanes) is 3. The van der Waals surface area contributed by atoms with Crippen LogP contribution in [0.15, 0.2) is 65.1 Å². The number of halogens is 3. The molecular weight excluding hydrogens is 591 g/mol. The van der Waals surface area contributed by atoms with Crippen LogP contribution in [0.1, 0.15) is 55.8 Å². The molecule has 0 unspecified atom stereocenters. The third-order valence-corrected chi connectivity index (χ3v) is 6.65. The van der Waals surface area contributed by atoms with E-state index < -0.39 is 12.1 Å². The van der Waals surface area contributed by atoms with E-state index in [2.05, 4.69) is 16.2 Å². The number of nitrogens with two attached hydrogens (primary N) is 1. The number of hydrogen-bond acceptors (Lipinski definition) is 7. The van der Waals surface area contributed by atoms with Crippen molar-refractivity contribution in [3.05, 3.63) is 71.6 Å². The van der Waals surface area contributed by atoms with E-state index in [-0.39, 0.29) is 11.8 Å². The van der Waals surface area contributed by atoms with Gasteiger partial charge in [-0.1, -0.05) is 38.0 Å². The number of benzene rings is 3. The summed E-state index contributed by atoms with van der Waals surface area (Å²) in [5.74, 6) is -2.32. The standard InChI is InChI=1S/C30H35N5O3.C2HF3O2/c1-2-16-34-35-28(36)11-5-3-4-8-17-33-30(37)23-10-7-6-9-22(23)29-24-14-12-20(31)18-26(24)38-27-19-21(32)13-15-25(27)29;3-2(4,5)1(6)7/h6-7,9-10,12-15,18-19,31,34H,2-5,8,11,16-17,32H2,1H3,(H,33,37)(H,35,36);(H,6,7). The number of hydrogen-bond donors (Lipinski definition) is 6. The Bertz CT molecular complexity index is 1650. The molecule has 0 aromatic heterocycles. The average Bonchev–Trinajstić information content (AvgIpc) is 2.99. The number of carboxylic acids is 1. The Morgan fingerprint density at radius 3 is 2.36 bits per heavy atom. The summed E-state index contributed by atoms with van der Waals surface area (Å²) in [7, 11) is 0. The Balaban J connectivity index is 0.000000707. The Morgan fingerprint density at radius 2 is 1.64 bits per heavy atom. The van der Waals surface area contributed by atoms with Gasteiger partial charge in [0.1, 0.15) is 11.3 Å². The molecular formula is C32H36F3N5O5. The molecule has 10 nitrogen and oxygen atoms in total. The first-order valence-electron chi connectivity index (χ1n) is 14.4. The smallest absolute Gasteiger partial charge is 0.475 e. The molecule has 4 rings (SSSR count). The summed E-state index contributed by atoms with van der Waals surface area (Å²) in [5, 5.41) is 19.4. The van der Waals surface area contributed by atoms with E-state index in [1.54, 1.807) is 18.2 Å². The van der Waals surface area contributed by atoms with Crippen molar-refractivity contribution in [1.82, 2.24) is 16.2 Å². The first-order valence-corrected chi connectivity index (χ1v) is 14.4. The molecule has 0 radical (unpaired) electrons. The number of carbonyl (C=O) groups is 3. The lowest BCUT2D eigenvalue weighted by molar-refractivity contribution is -0.192. The predicted octanol–water partition coefficient (Wildman–Crippen LogP) is 5.61. The Labute approximate surface area is 257 Å². The lowest BCUT2D eigenvalue weighted by atomic mass is 9.90. The van der Waals surface area contributed by atoms with Crippen LogP contribution in [0.2, 0.25) is 0 Å². The van der Waals surface area contributed by atoms with Crippen molar-refractivity contribution in [2.24, 2.45) is 0 Å². The number of nitrogens with one attached hydrogen (secondary N) is 4. The van der Waals surface area contributed by atoms with E-state index in [0.29, 0.717) is 40.9 Å². The number of carboxylic acid groups (broad SMARTS) is 1. The van der Waals surface area contributed by atoms with Crippen molar-refractivity contribution < 1.29 is 37.1 Å². The van der Waals surface area contributed by atoms with Gasteiger partial charge in [-0.2, -0.15) is 13.2 Å². The van der Waals surface area contributed by atoms with Gasteiger partial charge in [0.2, 0.25) is 5.91 Å². The Kier molecular flexibility index (Phi) is 12.5. The van der Waals surface area contributed by atoms with Crippen LogP contribution in [0, 0.1) is 5.41 Å². The third-order valence-electron chi connectivity index (χ3n) is 6.65. The molecule has 2 amide bonds. The molecule has 13 heteroatoms. The van der Waals surface area contributed by atoms with Crippen molar-refractivity contribution in [2.75, 3.05) is 18.8 Å². The Morgan fingerprint density at radius 1 is 0.933 bits per heavy atom. The van der Waals surface area contributed by atoms with Crippen molar-refractivity contribution >= 4 is 34.4 Å². The highest BCUT2D eigenvalue weighted by Crippen LogP contribution is 2.41. The number of alkyl halides is 3. The van der Waals surface area contributed by atoms with Gasteiger partial charge < -0.3 is 26.0 Å². The number of hydrazine groups is 1. The second kappa shape index (κ2) is 16.2. The molecule has 2 aromatic carbocycles. The van der Waals surface area contributed by atoms with Crippen LogP contribution in [0.4, 0.5) is 18.9 Å². The van der Waals surface area contributed by atoms with E-state index in [1.807, 2.05) is 49.4 Å². The molecule has 7 N–H and O–H groups in total. The lowest BCUT2D eigenvalue weighted by Crippen LogP contribution is -2.37. The van der Waals surface area contributed by atoms with Gasteiger partial charge in [0.15, 0.2) is 0 Å². The van der Waals surface area contributed by atoms with Gasteiger partial charge in [-0.25, -0.2) is 10.2 Å². The minimum absolute atomic E-state index is 0.0127. The third kappa shape index (κ3) is 10.1. The first kappa shape index (κ1) is 34.6. The molecule has 2 aliphatic rings. The summed E-state index contributed by atoms with van der Waals surface area (Å²) >= 11 is 0. The van der Waals surface area contributed by atoms with Gasteiger partial charge in [0.05, 0.1) is 5.36 Å². The second-order valence-electron chi connectivity index (χ2n) is 10.2. The number of nitrogen functional groups attached to an aromatic ring is 1. The average molecular weight is 628 g/mol. The zero-order chi connectivity index (χ0) is 33.0. The molecule has 0 saturated heterocycles. The van der Waals surface area contributed by atoms with Crippen molar-refractivity contribution in [3.63, 3.8) is 0 Å². The van der Waals surface area contributed by atoms with E-state index >= 15 is 0 Å². The topological polar surface area (TPSA) is 171 Å². The molecule has 45 heavy (non-hydrogen) atoms. The number of rotatable bonds is 12. The highest BCUT2D eigenvalue weighted by Gasteiger charge is 2.38. The minimum Gasteiger partial charge on any atom is -0.475 e. The summed E-state index contributed by atoms with van der Waals surface area (Å²) in [6.45, 7) is 3.37. The zero-order valence-corrected chi connectivity index (χ0v) is 24.7. The molecule has 0 atom stereocenters. The SMILES string of the molecule is CCCNNC(=O)CCCCCCNC(=O)c1ccccc1-c1c2ccc(=N)cc-2oc2cc(N)ccc12.O=C(O)C(F)(F)F. The summed E-state index contributed by atoms with van der Waals surface area (Å²) in [4.78, 5) is 33.9. The first-order chi connectivity index (χ1) is 21.4. The Hall–Kier alpha value is -4.91. The summed E-state index contributed by atoms with van der Waals surface area (Å²) in [5.41, 5.74) is 15.9. The summed E-state index contributed by atoms with van der Waals surface area (Å²) in [6, 6.07) is 18.3. The molecule has 1 aliphatic carbocycles. The fourth-order valence-electron chi connectivity index (χ4n) is 4.51. The van der Waals surface area contributed by atoms with Gasteiger partial charge in [-0.15, -0.1) is 0 Å². The van der Waals surface area contributed by atoms with Gasteiger partial charge >= 0.3 is 12.1 Å². The zero-order valence-electron chi connectivity index (χ0n) is 24.7. The van der Waals surface area contributed by atoms with Crippen LogP contribution in [0.3, 0.4) is 0 Å². The maximum atomic E-state index is 13.3. The summed E-state index contributed by atoms with van der Waals surface area (Å²) in [6.07, 6.45) is -0.0997. The molecule has 1 heterocycles. The van der Waals surface area contributed by atoms with Crippen LogP contribution >= 0.6 is 0 Å². The molecule has 0 bridgehead atoms. The fraction of sp³-hybridized carbons (Fsp3) is 0.312. The number of fused-ring (bicyclic) bond motifs is 2. The van der Waals surface area contributed by atoms with Crippen molar-refractivity contribution in [3.8, 4) is 22.5 Å². The minimum atomic E-state index is -5.08. The lowest BCUT2D eigenvalue weighted by Gasteiger charge is -2.18. The summed E-state index contributed by atoms with van der Waals surface area (Å²) < 4.78 is 37.8. The van der Waals surface area contributed by atoms with E-state index in [9.17, 15) is 22.8 Å². The molecule has 0 spiro atoms. The largest absolute Gasteiger partial charge is 0.490 e. The highest BCUT2D eigenvalue weighted by molar-refractivity contribution is 6.09. The monoisotopic (exact) mass is 627 g/mol. The maximum absolute atomic E-state index is 13.3. The second-order valence-corrected chi connectivity index (χ2v) is 10.2. The molecule has 0 saturated carbocycles. The van der Waals surface area contributed by atoms with E-state index in [0.717, 1.165) is 60.7 Å². The molecule has 1 aliphatic heterocycles. The fourth-order valence-corrected chi connectivity index (χ4v) is 4.51. The van der Waals surface area contributed by atoms with Gasteiger partial charge in [0, 0.05) is 59.4 Å². The predicted molar refractivity (Wildman–Crippen MR) is 164 cm³/mol. The van der Waals surface area contributed by atoms with Crippen LogP contribution in [0.25, 0.3) is 33.4 Å². The van der Waals surface area contributed by atoms with Gasteiger partial charge in [-0.05, 0) is 55.2 Å². The van der Waals surface area contributed by atoms with Crippen LogP contribution < -0.4 is 27.3 Å². The normalized spacial score (nSPS) is 11.1. The molecule has 0 fully saturated rings. The highest BCUT2D eigenvalue weighted by atomic mass is 19.4. The van der Waals surface area contributed by atoms with E-state index in [1.165, 1.54) is 0 Å². The van der Waals surface area contributed by atoms with Crippen LogP contribution in [-0.2, 0) is 9.59 Å². The number of carbonyl (C=O) groups excluding carboxylic acids is 2. The van der Waals surface area contributed by atoms with Crippen LogP contribution in [0.5, 0.6) is 0 Å². The molecule has 2 aromatic rings. The van der Waals surface area contributed by atoms with Gasteiger partial charge in [0.25, 0.3) is 5.91 Å². The molecule has 240 valence electrons. The number of amides is 2. The van der Waals surface area contributed by atoms with Crippen molar-refractivity contribution in [1.29, 1.82) is 5.41 Å². The number of aliphatic carboxylic acids is 1. The van der Waals surface area contributed by atoms with Gasteiger partial charge in [-0.3, -0.25) is 15.0 Å². The van der Waals surface area contributed by atoms with Crippen molar-refractivity contribution in [2.45, 2.75) is 51.6 Å². The maximum Gasteiger partial charge on any atom is 0.490 e.